The van der Waals surface area contributed by atoms with Gasteiger partial charge < -0.3 is 10.2 Å². The third kappa shape index (κ3) is 2.92. The molecular formula is C21H16F2N2O. The lowest BCUT2D eigenvalue weighted by Gasteiger charge is -2.27. The molecule has 26 heavy (non-hydrogen) atoms. The molecule has 0 saturated heterocycles. The molecular weight excluding hydrogens is 334 g/mol. The largest absolute Gasteiger partial charge is 0.359 e. The van der Waals surface area contributed by atoms with Gasteiger partial charge in [-0.05, 0) is 23.8 Å². The molecule has 5 heteroatoms. The van der Waals surface area contributed by atoms with Gasteiger partial charge in [-0.3, -0.25) is 4.79 Å². The summed E-state index contributed by atoms with van der Waals surface area (Å²) in [6.07, 6.45) is -0.529. The number of nitrogens with one attached hydrogen (secondary N) is 1. The van der Waals surface area contributed by atoms with Gasteiger partial charge in [0.05, 0.1) is 5.69 Å². The van der Waals surface area contributed by atoms with Crippen LogP contribution in [-0.2, 0) is 6.54 Å². The van der Waals surface area contributed by atoms with Crippen molar-refractivity contribution in [3.05, 3.63) is 101 Å². The summed E-state index contributed by atoms with van der Waals surface area (Å²) in [5.41, 5.74) is 2.49. The maximum atomic E-state index is 14.1. The number of hydrogen-bond donors (Lipinski definition) is 1. The Balaban J connectivity index is 1.71. The standard InChI is InChI=1S/C21H16F2N2O/c22-15-10-11-19(18(23)12-15)24-20-16-8-4-5-9-17(16)21(26)25(20)13-14-6-2-1-3-7-14/h1-12,20,24H,13H2/t20-/m1/s1. The molecule has 0 unspecified atom stereocenters. The van der Waals surface area contributed by atoms with Gasteiger partial charge in [0, 0.05) is 23.7 Å². The van der Waals surface area contributed by atoms with Crippen molar-refractivity contribution in [1.29, 1.82) is 0 Å². The molecule has 3 nitrogen and oxygen atoms in total. The number of anilines is 1. The van der Waals surface area contributed by atoms with Crippen LogP contribution in [0.1, 0.15) is 27.7 Å². The fourth-order valence-electron chi connectivity index (χ4n) is 3.22. The predicted octanol–water partition coefficient (Wildman–Crippen LogP) is 4.73. The number of carbonyl (C=O) groups is 1. The average Bonchev–Trinajstić information content (AvgIpc) is 2.91. The highest BCUT2D eigenvalue weighted by molar-refractivity contribution is 5.99. The second-order valence-electron chi connectivity index (χ2n) is 6.18. The fourth-order valence-corrected chi connectivity index (χ4v) is 3.22. The van der Waals surface area contributed by atoms with Crippen LogP contribution in [0.4, 0.5) is 14.5 Å². The predicted molar refractivity (Wildman–Crippen MR) is 95.5 cm³/mol. The Labute approximate surface area is 149 Å². The van der Waals surface area contributed by atoms with Crippen molar-refractivity contribution in [1.82, 2.24) is 4.90 Å². The van der Waals surface area contributed by atoms with Gasteiger partial charge in [-0.2, -0.15) is 0 Å². The maximum Gasteiger partial charge on any atom is 0.256 e. The van der Waals surface area contributed by atoms with E-state index in [0.29, 0.717) is 12.1 Å². The van der Waals surface area contributed by atoms with Crippen LogP contribution in [0.25, 0.3) is 0 Å². The second-order valence-corrected chi connectivity index (χ2v) is 6.18. The summed E-state index contributed by atoms with van der Waals surface area (Å²) in [7, 11) is 0. The number of rotatable bonds is 4. The van der Waals surface area contributed by atoms with Crippen LogP contribution >= 0.6 is 0 Å². The Hall–Kier alpha value is -3.21. The van der Waals surface area contributed by atoms with E-state index in [1.54, 1.807) is 17.0 Å². The summed E-state index contributed by atoms with van der Waals surface area (Å²) < 4.78 is 27.3. The molecule has 3 aromatic carbocycles. The molecule has 1 aliphatic rings. The Bertz CT molecular complexity index is 959. The van der Waals surface area contributed by atoms with Crippen LogP contribution < -0.4 is 5.32 Å². The van der Waals surface area contributed by atoms with Gasteiger partial charge >= 0.3 is 0 Å². The summed E-state index contributed by atoms with van der Waals surface area (Å²) in [6, 6.07) is 20.2. The van der Waals surface area contributed by atoms with Crippen LogP contribution in [0.5, 0.6) is 0 Å². The van der Waals surface area contributed by atoms with Crippen molar-refractivity contribution in [3.63, 3.8) is 0 Å². The number of benzene rings is 3. The van der Waals surface area contributed by atoms with Gasteiger partial charge in [0.15, 0.2) is 0 Å². The summed E-state index contributed by atoms with van der Waals surface area (Å²) in [5, 5.41) is 3.06. The monoisotopic (exact) mass is 350 g/mol. The second kappa shape index (κ2) is 6.59. The lowest BCUT2D eigenvalue weighted by Crippen LogP contribution is -2.32. The Kier molecular flexibility index (Phi) is 4.13. The van der Waals surface area contributed by atoms with E-state index in [-0.39, 0.29) is 11.6 Å². The first-order valence-corrected chi connectivity index (χ1v) is 8.29. The molecule has 1 atom stereocenters. The van der Waals surface area contributed by atoms with E-state index in [0.717, 1.165) is 17.2 Å². The number of fused-ring (bicyclic) bond motifs is 1. The van der Waals surface area contributed by atoms with Crippen molar-refractivity contribution in [2.75, 3.05) is 5.32 Å². The van der Waals surface area contributed by atoms with Crippen molar-refractivity contribution in [2.24, 2.45) is 0 Å². The maximum absolute atomic E-state index is 14.1. The summed E-state index contributed by atoms with van der Waals surface area (Å²) in [5.74, 6) is -1.46. The minimum atomic E-state index is -0.693. The minimum absolute atomic E-state index is 0.121. The summed E-state index contributed by atoms with van der Waals surface area (Å²) in [4.78, 5) is 14.5. The molecule has 0 bridgehead atoms. The van der Waals surface area contributed by atoms with Gasteiger partial charge in [-0.15, -0.1) is 0 Å². The molecule has 0 saturated carbocycles. The molecule has 0 fully saturated rings. The Morgan fingerprint density at radius 3 is 2.42 bits per heavy atom. The molecule has 0 aliphatic carbocycles. The topological polar surface area (TPSA) is 32.3 Å². The van der Waals surface area contributed by atoms with Gasteiger partial charge in [-0.1, -0.05) is 48.5 Å². The molecule has 4 rings (SSSR count). The average molecular weight is 350 g/mol. The van der Waals surface area contributed by atoms with Crippen molar-refractivity contribution in [2.45, 2.75) is 12.7 Å². The third-order valence-electron chi connectivity index (χ3n) is 4.48. The van der Waals surface area contributed by atoms with E-state index in [4.69, 9.17) is 0 Å². The summed E-state index contributed by atoms with van der Waals surface area (Å²) in [6.45, 7) is 0.384. The zero-order valence-electron chi connectivity index (χ0n) is 13.8. The van der Waals surface area contributed by atoms with Crippen LogP contribution in [0.2, 0.25) is 0 Å². The van der Waals surface area contributed by atoms with Gasteiger partial charge in [0.25, 0.3) is 5.91 Å². The van der Waals surface area contributed by atoms with Crippen LogP contribution in [0.15, 0.2) is 72.8 Å². The van der Waals surface area contributed by atoms with Crippen LogP contribution in [0, 0.1) is 11.6 Å². The molecule has 1 amide bonds. The molecule has 1 N–H and O–H groups in total. The van der Waals surface area contributed by atoms with E-state index in [1.165, 1.54) is 12.1 Å². The third-order valence-corrected chi connectivity index (χ3v) is 4.48. The molecule has 0 aromatic heterocycles. The molecule has 3 aromatic rings. The zero-order chi connectivity index (χ0) is 18.1. The molecule has 1 heterocycles. The van der Waals surface area contributed by atoms with E-state index in [9.17, 15) is 13.6 Å². The highest BCUT2D eigenvalue weighted by atomic mass is 19.1. The number of halogens is 2. The van der Waals surface area contributed by atoms with Crippen LogP contribution in [0.3, 0.4) is 0 Å². The van der Waals surface area contributed by atoms with E-state index in [2.05, 4.69) is 5.32 Å². The SMILES string of the molecule is O=C1c2ccccc2[C@H](Nc2ccc(F)cc2F)N1Cc1ccccc1. The molecule has 1 aliphatic heterocycles. The zero-order valence-corrected chi connectivity index (χ0v) is 13.8. The Morgan fingerprint density at radius 1 is 0.923 bits per heavy atom. The van der Waals surface area contributed by atoms with Crippen molar-refractivity contribution < 1.29 is 13.6 Å². The first kappa shape index (κ1) is 16.3. The highest BCUT2D eigenvalue weighted by Crippen LogP contribution is 2.36. The van der Waals surface area contributed by atoms with Crippen LogP contribution in [-0.4, -0.2) is 10.8 Å². The molecule has 130 valence electrons. The Morgan fingerprint density at radius 2 is 1.65 bits per heavy atom. The van der Waals surface area contributed by atoms with Gasteiger partial charge in [-0.25, -0.2) is 8.78 Å². The van der Waals surface area contributed by atoms with Gasteiger partial charge in [0.1, 0.15) is 17.8 Å². The highest BCUT2D eigenvalue weighted by Gasteiger charge is 2.36. The van der Waals surface area contributed by atoms with Crippen molar-refractivity contribution in [3.8, 4) is 0 Å². The van der Waals surface area contributed by atoms with Gasteiger partial charge in [0.2, 0.25) is 0 Å². The van der Waals surface area contributed by atoms with E-state index >= 15 is 0 Å². The van der Waals surface area contributed by atoms with Crippen molar-refractivity contribution >= 4 is 11.6 Å². The molecule has 0 radical (unpaired) electrons. The first-order valence-electron chi connectivity index (χ1n) is 8.29. The normalized spacial score (nSPS) is 15.8. The molecule has 0 spiro atoms. The number of hydrogen-bond acceptors (Lipinski definition) is 2. The number of carbonyl (C=O) groups excluding carboxylic acids is 1. The minimum Gasteiger partial charge on any atom is -0.359 e. The lowest BCUT2D eigenvalue weighted by molar-refractivity contribution is 0.0728. The smallest absolute Gasteiger partial charge is 0.256 e. The number of nitrogens with zero attached hydrogens (tertiary/aromatic N) is 1. The fraction of sp³-hybridized carbons (Fsp3) is 0.0952. The lowest BCUT2D eigenvalue weighted by atomic mass is 10.1. The van der Waals surface area contributed by atoms with E-state index < -0.39 is 17.8 Å². The quantitative estimate of drug-likeness (QED) is 0.738. The number of amides is 1. The van der Waals surface area contributed by atoms with E-state index in [1.807, 2.05) is 42.5 Å². The summed E-state index contributed by atoms with van der Waals surface area (Å²) >= 11 is 0. The first-order chi connectivity index (χ1) is 12.6.